The van der Waals surface area contributed by atoms with Gasteiger partial charge in [0.15, 0.2) is 0 Å². The minimum absolute atomic E-state index is 0.325. The minimum atomic E-state index is -0.488. The van der Waals surface area contributed by atoms with Crippen molar-refractivity contribution in [1.29, 1.82) is 0 Å². The predicted octanol–water partition coefficient (Wildman–Crippen LogP) is 4.48. The lowest BCUT2D eigenvalue weighted by atomic mass is 9.99. The van der Waals surface area contributed by atoms with E-state index in [0.29, 0.717) is 5.02 Å². The SMILES string of the molecule is CC1(NC(=O)OC(C)(C)C)Cc2cc(Cl)c(Br)cc2C1. The van der Waals surface area contributed by atoms with Crippen LogP contribution in [-0.2, 0) is 17.6 Å². The number of hydrogen-bond acceptors (Lipinski definition) is 2. The van der Waals surface area contributed by atoms with Gasteiger partial charge in [0.1, 0.15) is 5.60 Å². The zero-order valence-electron chi connectivity index (χ0n) is 12.1. The second-order valence-electron chi connectivity index (χ2n) is 6.58. The lowest BCUT2D eigenvalue weighted by Crippen LogP contribution is -2.48. The van der Waals surface area contributed by atoms with E-state index in [2.05, 4.69) is 21.2 Å². The topological polar surface area (TPSA) is 38.3 Å². The first kappa shape index (κ1) is 15.6. The van der Waals surface area contributed by atoms with Crippen LogP contribution >= 0.6 is 27.5 Å². The summed E-state index contributed by atoms with van der Waals surface area (Å²) < 4.78 is 6.21. The predicted molar refractivity (Wildman–Crippen MR) is 84.3 cm³/mol. The molecule has 1 aromatic carbocycles. The maximum absolute atomic E-state index is 11.9. The number of carbonyl (C=O) groups is 1. The first-order valence-corrected chi connectivity index (χ1v) is 7.73. The number of amides is 1. The maximum atomic E-state index is 11.9. The van der Waals surface area contributed by atoms with E-state index in [0.717, 1.165) is 17.3 Å². The molecular formula is C15H19BrClNO2. The van der Waals surface area contributed by atoms with Crippen LogP contribution in [0, 0.1) is 0 Å². The first-order valence-electron chi connectivity index (χ1n) is 6.56. The number of nitrogens with one attached hydrogen (secondary N) is 1. The molecule has 5 heteroatoms. The minimum Gasteiger partial charge on any atom is -0.444 e. The molecule has 0 saturated carbocycles. The van der Waals surface area contributed by atoms with Crippen molar-refractivity contribution in [2.75, 3.05) is 0 Å². The third kappa shape index (κ3) is 3.67. The van der Waals surface area contributed by atoms with E-state index in [1.807, 2.05) is 39.8 Å². The van der Waals surface area contributed by atoms with E-state index in [-0.39, 0.29) is 11.6 Å². The van der Waals surface area contributed by atoms with Crippen molar-refractivity contribution in [2.45, 2.75) is 51.7 Å². The summed E-state index contributed by atoms with van der Waals surface area (Å²) in [4.78, 5) is 11.9. The van der Waals surface area contributed by atoms with Gasteiger partial charge in [0.2, 0.25) is 0 Å². The van der Waals surface area contributed by atoms with Crippen LogP contribution in [0.3, 0.4) is 0 Å². The number of alkyl carbamates (subject to hydrolysis) is 1. The Kier molecular flexibility index (Phi) is 4.09. The van der Waals surface area contributed by atoms with E-state index >= 15 is 0 Å². The molecule has 1 atom stereocenters. The first-order chi connectivity index (χ1) is 9.08. The largest absolute Gasteiger partial charge is 0.444 e. The number of fused-ring (bicyclic) bond motifs is 1. The van der Waals surface area contributed by atoms with Crippen LogP contribution in [0.4, 0.5) is 4.79 Å². The van der Waals surface area contributed by atoms with Crippen LogP contribution in [0.25, 0.3) is 0 Å². The molecule has 1 aliphatic carbocycles. The molecule has 1 aliphatic rings. The highest BCUT2D eigenvalue weighted by Gasteiger charge is 2.36. The molecule has 0 aliphatic heterocycles. The highest BCUT2D eigenvalue weighted by Crippen LogP contribution is 2.35. The van der Waals surface area contributed by atoms with Crippen LogP contribution in [-0.4, -0.2) is 17.2 Å². The average Bonchev–Trinajstić information content (AvgIpc) is 2.50. The molecule has 0 heterocycles. The number of rotatable bonds is 1. The van der Waals surface area contributed by atoms with Crippen LogP contribution in [0.15, 0.2) is 16.6 Å². The van der Waals surface area contributed by atoms with Gasteiger partial charge < -0.3 is 10.1 Å². The number of ether oxygens (including phenoxy) is 1. The second kappa shape index (κ2) is 5.23. The molecule has 0 fully saturated rings. The van der Waals surface area contributed by atoms with Crippen LogP contribution in [0.5, 0.6) is 0 Å². The fourth-order valence-electron chi connectivity index (χ4n) is 2.50. The van der Waals surface area contributed by atoms with Crippen LogP contribution in [0.1, 0.15) is 38.8 Å². The normalized spacial score (nSPS) is 21.5. The lowest BCUT2D eigenvalue weighted by molar-refractivity contribution is 0.0468. The Labute approximate surface area is 133 Å². The smallest absolute Gasteiger partial charge is 0.408 e. The Balaban J connectivity index is 2.10. The van der Waals surface area contributed by atoms with Crippen molar-refractivity contribution in [1.82, 2.24) is 5.32 Å². The van der Waals surface area contributed by atoms with E-state index in [4.69, 9.17) is 16.3 Å². The van der Waals surface area contributed by atoms with Crippen molar-refractivity contribution in [3.8, 4) is 0 Å². The van der Waals surface area contributed by atoms with Gasteiger partial charge in [-0.3, -0.25) is 0 Å². The monoisotopic (exact) mass is 359 g/mol. The van der Waals surface area contributed by atoms with Crippen molar-refractivity contribution in [2.24, 2.45) is 0 Å². The fraction of sp³-hybridized carbons (Fsp3) is 0.533. The highest BCUT2D eigenvalue weighted by molar-refractivity contribution is 9.10. The molecule has 1 aromatic rings. The second-order valence-corrected chi connectivity index (χ2v) is 7.84. The van der Waals surface area contributed by atoms with Gasteiger partial charge in [0.25, 0.3) is 0 Å². The third-order valence-electron chi connectivity index (χ3n) is 3.21. The molecule has 1 N–H and O–H groups in total. The van der Waals surface area contributed by atoms with Gasteiger partial charge in [-0.25, -0.2) is 4.79 Å². The number of benzene rings is 1. The summed E-state index contributed by atoms with van der Waals surface area (Å²) in [6.07, 6.45) is 1.16. The molecule has 20 heavy (non-hydrogen) atoms. The summed E-state index contributed by atoms with van der Waals surface area (Å²) in [6, 6.07) is 3.99. The Morgan fingerprint density at radius 2 is 1.90 bits per heavy atom. The Bertz CT molecular complexity index is 521. The Morgan fingerprint density at radius 1 is 1.35 bits per heavy atom. The van der Waals surface area contributed by atoms with E-state index in [9.17, 15) is 4.79 Å². The number of halogens is 2. The molecule has 2 rings (SSSR count). The van der Waals surface area contributed by atoms with Gasteiger partial charge in [-0.05, 0) is 79.7 Å². The zero-order valence-corrected chi connectivity index (χ0v) is 14.5. The molecule has 0 saturated heterocycles. The molecular weight excluding hydrogens is 342 g/mol. The average molecular weight is 361 g/mol. The zero-order chi connectivity index (χ0) is 15.1. The third-order valence-corrected chi connectivity index (χ3v) is 4.40. The summed E-state index contributed by atoms with van der Waals surface area (Å²) in [5, 5.41) is 3.68. The van der Waals surface area contributed by atoms with Crippen molar-refractivity contribution < 1.29 is 9.53 Å². The molecule has 0 radical (unpaired) electrons. The summed E-state index contributed by atoms with van der Waals surface area (Å²) in [6.45, 7) is 7.60. The molecule has 110 valence electrons. The van der Waals surface area contributed by atoms with Gasteiger partial charge in [-0.1, -0.05) is 11.6 Å². The van der Waals surface area contributed by atoms with Gasteiger partial charge >= 0.3 is 6.09 Å². The summed E-state index contributed by atoms with van der Waals surface area (Å²) in [5.41, 5.74) is 1.57. The Morgan fingerprint density at radius 3 is 2.45 bits per heavy atom. The number of carbonyl (C=O) groups excluding carboxylic acids is 1. The molecule has 3 nitrogen and oxygen atoms in total. The Hall–Kier alpha value is -0.740. The fourth-order valence-corrected chi connectivity index (χ4v) is 3.08. The van der Waals surface area contributed by atoms with Crippen LogP contribution < -0.4 is 5.32 Å². The number of hydrogen-bond donors (Lipinski definition) is 1. The van der Waals surface area contributed by atoms with E-state index < -0.39 is 5.60 Å². The molecule has 0 aromatic heterocycles. The maximum Gasteiger partial charge on any atom is 0.408 e. The highest BCUT2D eigenvalue weighted by atomic mass is 79.9. The lowest BCUT2D eigenvalue weighted by Gasteiger charge is -2.28. The van der Waals surface area contributed by atoms with Gasteiger partial charge in [-0.15, -0.1) is 0 Å². The molecule has 0 spiro atoms. The molecule has 1 unspecified atom stereocenters. The van der Waals surface area contributed by atoms with Gasteiger partial charge in [0, 0.05) is 10.0 Å². The van der Waals surface area contributed by atoms with Crippen molar-refractivity contribution >= 4 is 33.6 Å². The van der Waals surface area contributed by atoms with Crippen molar-refractivity contribution in [3.05, 3.63) is 32.8 Å². The summed E-state index contributed by atoms with van der Waals surface area (Å²) in [5.74, 6) is 0. The van der Waals surface area contributed by atoms with E-state index in [1.165, 1.54) is 11.1 Å². The summed E-state index contributed by atoms with van der Waals surface area (Å²) >= 11 is 9.55. The molecule has 1 amide bonds. The van der Waals surface area contributed by atoms with Crippen molar-refractivity contribution in [3.63, 3.8) is 0 Å². The van der Waals surface area contributed by atoms with Crippen LogP contribution in [0.2, 0.25) is 5.02 Å². The quantitative estimate of drug-likeness (QED) is 0.801. The van der Waals surface area contributed by atoms with Gasteiger partial charge in [-0.2, -0.15) is 0 Å². The van der Waals surface area contributed by atoms with E-state index in [1.54, 1.807) is 0 Å². The standard InChI is InChI=1S/C15H19BrClNO2/c1-14(2,3)20-13(19)18-15(4)7-9-5-11(16)12(17)6-10(9)8-15/h5-6H,7-8H2,1-4H3,(H,18,19). The van der Waals surface area contributed by atoms with Gasteiger partial charge in [0.05, 0.1) is 5.02 Å². The molecule has 0 bridgehead atoms. The summed E-state index contributed by atoms with van der Waals surface area (Å²) in [7, 11) is 0.